The summed E-state index contributed by atoms with van der Waals surface area (Å²) >= 11 is 0. The minimum atomic E-state index is -3.53. The predicted octanol–water partition coefficient (Wildman–Crippen LogP) is 5.49. The van der Waals surface area contributed by atoms with Crippen LogP contribution in [-0.2, 0) is 22.7 Å². The molecule has 0 bridgehead atoms. The Morgan fingerprint density at radius 2 is 1.52 bits per heavy atom. The van der Waals surface area contributed by atoms with E-state index in [2.05, 4.69) is 23.1 Å². The van der Waals surface area contributed by atoms with Gasteiger partial charge in [0.05, 0.1) is 21.2 Å². The second kappa shape index (κ2) is 5.96. The summed E-state index contributed by atoms with van der Waals surface area (Å²) in [6.45, 7) is 1.94. The van der Waals surface area contributed by atoms with Crippen LogP contribution in [-0.4, -0.2) is 8.42 Å². The van der Waals surface area contributed by atoms with Crippen LogP contribution in [0.3, 0.4) is 0 Å². The second-order valence-electron chi connectivity index (χ2n) is 7.40. The van der Waals surface area contributed by atoms with Crippen LogP contribution < -0.4 is 4.90 Å². The lowest BCUT2D eigenvalue weighted by Crippen LogP contribution is -2.24. The molecule has 27 heavy (non-hydrogen) atoms. The lowest BCUT2D eigenvalue weighted by Gasteiger charge is -2.35. The largest absolute Gasteiger partial charge is 0.308 e. The number of hydrogen-bond donors (Lipinski definition) is 0. The van der Waals surface area contributed by atoms with Gasteiger partial charge in [0.2, 0.25) is 9.84 Å². The van der Waals surface area contributed by atoms with E-state index in [1.807, 2.05) is 31.2 Å². The molecule has 0 saturated heterocycles. The van der Waals surface area contributed by atoms with Gasteiger partial charge in [-0.15, -0.1) is 0 Å². The van der Waals surface area contributed by atoms with Gasteiger partial charge in [-0.2, -0.15) is 0 Å². The first-order chi connectivity index (χ1) is 13.1. The molecule has 0 N–H and O–H groups in total. The van der Waals surface area contributed by atoms with Gasteiger partial charge in [-0.3, -0.25) is 0 Å². The molecule has 3 nitrogen and oxygen atoms in total. The third-order valence-electron chi connectivity index (χ3n) is 5.65. The lowest BCUT2D eigenvalue weighted by atomic mass is 9.90. The number of sulfone groups is 1. The Balaban J connectivity index is 1.85. The lowest BCUT2D eigenvalue weighted by molar-refractivity contribution is 0.595. The number of rotatable bonds is 1. The fourth-order valence-electron chi connectivity index (χ4n) is 4.37. The first kappa shape index (κ1) is 16.6. The molecule has 1 aliphatic carbocycles. The van der Waals surface area contributed by atoms with E-state index in [1.165, 1.54) is 24.0 Å². The molecular weight excluding hydrogens is 354 g/mol. The van der Waals surface area contributed by atoms with E-state index in [1.54, 1.807) is 18.2 Å². The SMILES string of the molecule is Cc1ccc2c(c1)S(=O)(=O)c1ccccc1N2c1cccc2c1CCCC2. The molecule has 3 aromatic carbocycles. The first-order valence-corrected chi connectivity index (χ1v) is 10.9. The fourth-order valence-corrected chi connectivity index (χ4v) is 6.07. The summed E-state index contributed by atoms with van der Waals surface area (Å²) in [4.78, 5) is 2.93. The van der Waals surface area contributed by atoms with Crippen LogP contribution in [0.25, 0.3) is 0 Å². The summed E-state index contributed by atoms with van der Waals surface area (Å²) in [6, 6.07) is 19.5. The summed E-state index contributed by atoms with van der Waals surface area (Å²) in [5.41, 5.74) is 6.29. The van der Waals surface area contributed by atoms with Crippen molar-refractivity contribution < 1.29 is 8.42 Å². The summed E-state index contributed by atoms with van der Waals surface area (Å²) in [7, 11) is -3.53. The van der Waals surface area contributed by atoms with Crippen molar-refractivity contribution in [2.45, 2.75) is 42.4 Å². The monoisotopic (exact) mass is 375 g/mol. The van der Waals surface area contributed by atoms with Gasteiger partial charge in [-0.25, -0.2) is 8.42 Å². The third-order valence-corrected chi connectivity index (χ3v) is 7.48. The van der Waals surface area contributed by atoms with Gasteiger partial charge in [-0.05, 0) is 79.6 Å². The molecule has 0 saturated carbocycles. The Morgan fingerprint density at radius 3 is 2.41 bits per heavy atom. The highest BCUT2D eigenvalue weighted by Crippen LogP contribution is 2.49. The van der Waals surface area contributed by atoms with Gasteiger partial charge in [0.1, 0.15) is 0 Å². The van der Waals surface area contributed by atoms with E-state index >= 15 is 0 Å². The summed E-state index contributed by atoms with van der Waals surface area (Å²) in [5.74, 6) is 0. The van der Waals surface area contributed by atoms with Crippen molar-refractivity contribution in [3.05, 3.63) is 77.4 Å². The maximum atomic E-state index is 13.3. The van der Waals surface area contributed by atoms with E-state index in [4.69, 9.17) is 0 Å². The number of nitrogens with zero attached hydrogens (tertiary/aromatic N) is 1. The number of fused-ring (bicyclic) bond motifs is 3. The van der Waals surface area contributed by atoms with E-state index < -0.39 is 9.84 Å². The van der Waals surface area contributed by atoms with Crippen LogP contribution >= 0.6 is 0 Å². The molecule has 0 radical (unpaired) electrons. The summed E-state index contributed by atoms with van der Waals surface area (Å²) in [6.07, 6.45) is 4.53. The van der Waals surface area contributed by atoms with Crippen molar-refractivity contribution in [3.63, 3.8) is 0 Å². The van der Waals surface area contributed by atoms with Crippen molar-refractivity contribution in [2.75, 3.05) is 4.90 Å². The Bertz CT molecular complexity index is 1160. The number of aryl methyl sites for hydroxylation is 2. The Kier molecular flexibility index (Phi) is 3.66. The van der Waals surface area contributed by atoms with Crippen LogP contribution in [0.1, 0.15) is 29.5 Å². The zero-order valence-electron chi connectivity index (χ0n) is 15.3. The molecule has 0 spiro atoms. The highest BCUT2D eigenvalue weighted by molar-refractivity contribution is 7.92. The number of benzene rings is 3. The number of hydrogen-bond acceptors (Lipinski definition) is 3. The van der Waals surface area contributed by atoms with Gasteiger partial charge in [0.15, 0.2) is 0 Å². The van der Waals surface area contributed by atoms with Gasteiger partial charge in [-0.1, -0.05) is 30.3 Å². The van der Waals surface area contributed by atoms with E-state index in [9.17, 15) is 8.42 Å². The molecule has 0 aromatic heterocycles. The maximum absolute atomic E-state index is 13.3. The average molecular weight is 375 g/mol. The molecule has 1 aliphatic heterocycles. The maximum Gasteiger partial charge on any atom is 0.210 e. The van der Waals surface area contributed by atoms with Crippen LogP contribution in [0, 0.1) is 6.92 Å². The zero-order valence-corrected chi connectivity index (χ0v) is 16.1. The predicted molar refractivity (Wildman–Crippen MR) is 108 cm³/mol. The molecule has 0 atom stereocenters. The number of para-hydroxylation sites is 1. The van der Waals surface area contributed by atoms with Crippen LogP contribution in [0.5, 0.6) is 0 Å². The van der Waals surface area contributed by atoms with E-state index in [-0.39, 0.29) is 0 Å². The van der Waals surface area contributed by atoms with Crippen molar-refractivity contribution in [1.82, 2.24) is 0 Å². The molecule has 0 fully saturated rings. The quantitative estimate of drug-likeness (QED) is 0.441. The Morgan fingerprint density at radius 1 is 0.778 bits per heavy atom. The Hall–Kier alpha value is -2.59. The molecule has 136 valence electrons. The highest BCUT2D eigenvalue weighted by Gasteiger charge is 2.35. The standard InChI is InChI=1S/C23H21NO2S/c1-16-13-14-21-23(15-16)27(25,26)22-12-5-4-10-20(22)24(21)19-11-6-8-17-7-2-3-9-18(17)19/h4-6,8,10-15H,2-3,7,9H2,1H3. The molecular formula is C23H21NO2S. The fraction of sp³-hybridized carbons (Fsp3) is 0.217. The number of anilines is 3. The third kappa shape index (κ3) is 2.43. The first-order valence-electron chi connectivity index (χ1n) is 9.43. The van der Waals surface area contributed by atoms with E-state index in [0.29, 0.717) is 9.79 Å². The summed E-state index contributed by atoms with van der Waals surface area (Å²) < 4.78 is 26.6. The van der Waals surface area contributed by atoms with Crippen LogP contribution in [0.4, 0.5) is 17.1 Å². The summed E-state index contributed by atoms with van der Waals surface area (Å²) in [5, 5.41) is 0. The van der Waals surface area contributed by atoms with Crippen LogP contribution in [0.2, 0.25) is 0 Å². The molecule has 0 amide bonds. The second-order valence-corrected chi connectivity index (χ2v) is 9.29. The normalized spacial score (nSPS) is 17.0. The van der Waals surface area contributed by atoms with Crippen molar-refractivity contribution in [2.24, 2.45) is 0 Å². The van der Waals surface area contributed by atoms with Gasteiger partial charge in [0, 0.05) is 5.69 Å². The van der Waals surface area contributed by atoms with Gasteiger partial charge in [0.25, 0.3) is 0 Å². The average Bonchev–Trinajstić information content (AvgIpc) is 2.69. The smallest absolute Gasteiger partial charge is 0.210 e. The van der Waals surface area contributed by atoms with Gasteiger partial charge >= 0.3 is 0 Å². The molecule has 2 aliphatic rings. The topological polar surface area (TPSA) is 37.4 Å². The zero-order chi connectivity index (χ0) is 18.6. The Labute approximate surface area is 160 Å². The molecule has 3 aromatic rings. The molecule has 5 rings (SSSR count). The van der Waals surface area contributed by atoms with Crippen molar-refractivity contribution in [3.8, 4) is 0 Å². The van der Waals surface area contributed by atoms with E-state index in [0.717, 1.165) is 35.5 Å². The molecule has 0 unspecified atom stereocenters. The minimum absolute atomic E-state index is 0.386. The minimum Gasteiger partial charge on any atom is -0.308 e. The molecule has 1 heterocycles. The van der Waals surface area contributed by atoms with Crippen molar-refractivity contribution in [1.29, 1.82) is 0 Å². The van der Waals surface area contributed by atoms with Crippen molar-refractivity contribution >= 4 is 26.9 Å². The van der Waals surface area contributed by atoms with Crippen LogP contribution in [0.15, 0.2) is 70.5 Å². The highest BCUT2D eigenvalue weighted by atomic mass is 32.2. The molecule has 4 heteroatoms. The van der Waals surface area contributed by atoms with Gasteiger partial charge < -0.3 is 4.90 Å².